The van der Waals surface area contributed by atoms with E-state index in [1.165, 1.54) is 18.5 Å². The van der Waals surface area contributed by atoms with Crippen LogP contribution in [0.5, 0.6) is 0 Å². The molecule has 0 bridgehead atoms. The summed E-state index contributed by atoms with van der Waals surface area (Å²) >= 11 is 0. The molecule has 1 aromatic heterocycles. The Hall–Kier alpha value is -1.36. The van der Waals surface area contributed by atoms with Gasteiger partial charge in [-0.1, -0.05) is 0 Å². The van der Waals surface area contributed by atoms with E-state index in [1.54, 1.807) is 6.20 Å². The highest BCUT2D eigenvalue weighted by atomic mass is 16.2. The Labute approximate surface area is 126 Å². The van der Waals surface area contributed by atoms with Gasteiger partial charge in [-0.05, 0) is 57.2 Å². The number of piperidine rings is 2. The SMILES string of the molecule is O=C(CCC1CCNCC1)N1CCCC(c2ccn[nH]2)C1. The van der Waals surface area contributed by atoms with E-state index in [4.69, 9.17) is 0 Å². The van der Waals surface area contributed by atoms with Gasteiger partial charge in [0.05, 0.1) is 0 Å². The standard InChI is InChI=1S/C16H26N4O/c21-16(4-3-13-5-8-17-9-6-13)20-11-1-2-14(12-20)15-7-10-18-19-15/h7,10,13-14,17H,1-6,8-9,11-12H2,(H,18,19). The van der Waals surface area contributed by atoms with Crippen LogP contribution in [0.25, 0.3) is 0 Å². The van der Waals surface area contributed by atoms with E-state index in [2.05, 4.69) is 20.4 Å². The summed E-state index contributed by atoms with van der Waals surface area (Å²) in [6, 6.07) is 2.04. The Morgan fingerprint density at radius 1 is 1.33 bits per heavy atom. The van der Waals surface area contributed by atoms with Crippen LogP contribution in [0, 0.1) is 5.92 Å². The molecule has 0 aliphatic carbocycles. The molecule has 1 amide bonds. The number of aromatic amines is 1. The minimum Gasteiger partial charge on any atom is -0.342 e. The van der Waals surface area contributed by atoms with Crippen LogP contribution in [0.4, 0.5) is 0 Å². The van der Waals surface area contributed by atoms with Crippen molar-refractivity contribution in [3.63, 3.8) is 0 Å². The van der Waals surface area contributed by atoms with Crippen molar-refractivity contribution in [1.82, 2.24) is 20.4 Å². The van der Waals surface area contributed by atoms with Crippen LogP contribution in [0.1, 0.15) is 50.1 Å². The van der Waals surface area contributed by atoms with Gasteiger partial charge in [-0.15, -0.1) is 0 Å². The molecule has 2 N–H and O–H groups in total. The molecular weight excluding hydrogens is 264 g/mol. The van der Waals surface area contributed by atoms with E-state index in [1.807, 2.05) is 6.07 Å². The highest BCUT2D eigenvalue weighted by Gasteiger charge is 2.26. The third-order valence-corrected chi connectivity index (χ3v) is 4.96. The maximum Gasteiger partial charge on any atom is 0.222 e. The minimum absolute atomic E-state index is 0.345. The molecule has 1 unspecified atom stereocenters. The monoisotopic (exact) mass is 290 g/mol. The first-order valence-electron chi connectivity index (χ1n) is 8.30. The van der Waals surface area contributed by atoms with Crippen molar-refractivity contribution in [1.29, 1.82) is 0 Å². The van der Waals surface area contributed by atoms with Crippen LogP contribution < -0.4 is 5.32 Å². The number of hydrogen-bond acceptors (Lipinski definition) is 3. The average molecular weight is 290 g/mol. The average Bonchev–Trinajstić information content (AvgIpc) is 3.08. The first-order chi connectivity index (χ1) is 10.3. The predicted molar refractivity (Wildman–Crippen MR) is 82.0 cm³/mol. The normalized spacial score (nSPS) is 24.2. The summed E-state index contributed by atoms with van der Waals surface area (Å²) in [5.74, 6) is 1.52. The molecule has 5 nitrogen and oxygen atoms in total. The molecule has 1 aromatic rings. The predicted octanol–water partition coefficient (Wildman–Crippen LogP) is 1.90. The van der Waals surface area contributed by atoms with Gasteiger partial charge in [0.1, 0.15) is 0 Å². The van der Waals surface area contributed by atoms with E-state index < -0.39 is 0 Å². The second-order valence-corrected chi connectivity index (χ2v) is 6.42. The zero-order chi connectivity index (χ0) is 14.5. The number of carbonyl (C=O) groups is 1. The molecule has 116 valence electrons. The van der Waals surface area contributed by atoms with Crippen molar-refractivity contribution in [3.8, 4) is 0 Å². The van der Waals surface area contributed by atoms with Gasteiger partial charge in [-0.25, -0.2) is 0 Å². The van der Waals surface area contributed by atoms with Crippen molar-refractivity contribution in [2.45, 2.75) is 44.4 Å². The Morgan fingerprint density at radius 3 is 2.95 bits per heavy atom. The second-order valence-electron chi connectivity index (χ2n) is 6.42. The fourth-order valence-electron chi connectivity index (χ4n) is 3.61. The van der Waals surface area contributed by atoms with E-state index in [0.29, 0.717) is 11.8 Å². The number of aromatic nitrogens is 2. The maximum absolute atomic E-state index is 12.4. The van der Waals surface area contributed by atoms with Crippen molar-refractivity contribution >= 4 is 5.91 Å². The van der Waals surface area contributed by atoms with E-state index >= 15 is 0 Å². The van der Waals surface area contributed by atoms with E-state index in [-0.39, 0.29) is 0 Å². The van der Waals surface area contributed by atoms with Crippen LogP contribution in [-0.2, 0) is 4.79 Å². The number of nitrogens with one attached hydrogen (secondary N) is 2. The minimum atomic E-state index is 0.345. The second kappa shape index (κ2) is 7.07. The summed E-state index contributed by atoms with van der Waals surface area (Å²) in [5, 5.41) is 10.5. The summed E-state index contributed by atoms with van der Waals surface area (Å²) in [4.78, 5) is 14.5. The number of hydrogen-bond donors (Lipinski definition) is 2. The van der Waals surface area contributed by atoms with Gasteiger partial charge < -0.3 is 10.2 Å². The van der Waals surface area contributed by atoms with E-state index in [9.17, 15) is 4.79 Å². The zero-order valence-corrected chi connectivity index (χ0v) is 12.7. The number of rotatable bonds is 4. The molecule has 21 heavy (non-hydrogen) atoms. The van der Waals surface area contributed by atoms with Gasteiger partial charge >= 0.3 is 0 Å². The Kier molecular flexibility index (Phi) is 4.91. The van der Waals surface area contributed by atoms with Crippen LogP contribution in [0.15, 0.2) is 12.3 Å². The summed E-state index contributed by atoms with van der Waals surface area (Å²) in [5.41, 5.74) is 1.17. The molecule has 0 radical (unpaired) electrons. The van der Waals surface area contributed by atoms with Crippen LogP contribution in [0.2, 0.25) is 0 Å². The number of nitrogens with zero attached hydrogens (tertiary/aromatic N) is 2. The summed E-state index contributed by atoms with van der Waals surface area (Å²) < 4.78 is 0. The van der Waals surface area contributed by atoms with E-state index in [0.717, 1.165) is 57.8 Å². The van der Waals surface area contributed by atoms with Crippen LogP contribution in [0.3, 0.4) is 0 Å². The Balaban J connectivity index is 1.47. The fraction of sp³-hybridized carbons (Fsp3) is 0.750. The van der Waals surface area contributed by atoms with Gasteiger partial charge in [0.2, 0.25) is 5.91 Å². The Morgan fingerprint density at radius 2 is 2.19 bits per heavy atom. The third-order valence-electron chi connectivity index (χ3n) is 4.96. The highest BCUT2D eigenvalue weighted by Crippen LogP contribution is 2.26. The lowest BCUT2D eigenvalue weighted by atomic mass is 9.92. The fourth-order valence-corrected chi connectivity index (χ4v) is 3.61. The van der Waals surface area contributed by atoms with Crippen molar-refractivity contribution in [2.24, 2.45) is 5.92 Å². The third kappa shape index (κ3) is 3.84. The van der Waals surface area contributed by atoms with Gasteiger partial charge in [0.25, 0.3) is 0 Å². The maximum atomic E-state index is 12.4. The summed E-state index contributed by atoms with van der Waals surface area (Å²) in [7, 11) is 0. The molecule has 0 saturated carbocycles. The summed E-state index contributed by atoms with van der Waals surface area (Å²) in [6.07, 6.45) is 8.29. The molecule has 2 saturated heterocycles. The van der Waals surface area contributed by atoms with Gasteiger partial charge in [-0.2, -0.15) is 5.10 Å². The van der Waals surface area contributed by atoms with Gasteiger partial charge in [-0.3, -0.25) is 9.89 Å². The number of carbonyl (C=O) groups excluding carboxylic acids is 1. The van der Waals surface area contributed by atoms with Gasteiger partial charge in [0, 0.05) is 37.3 Å². The highest BCUT2D eigenvalue weighted by molar-refractivity contribution is 5.76. The number of likely N-dealkylation sites (tertiary alicyclic amines) is 1. The largest absolute Gasteiger partial charge is 0.342 e. The molecule has 5 heteroatoms. The first-order valence-corrected chi connectivity index (χ1v) is 8.30. The smallest absolute Gasteiger partial charge is 0.222 e. The lowest BCUT2D eigenvalue weighted by Gasteiger charge is -2.33. The van der Waals surface area contributed by atoms with Crippen LogP contribution in [-0.4, -0.2) is 47.2 Å². The molecule has 3 heterocycles. The Bertz CT molecular complexity index is 439. The molecule has 0 spiro atoms. The van der Waals surface area contributed by atoms with Crippen LogP contribution >= 0.6 is 0 Å². The quantitative estimate of drug-likeness (QED) is 0.890. The summed E-state index contributed by atoms with van der Waals surface area (Å²) in [6.45, 7) is 4.01. The lowest BCUT2D eigenvalue weighted by molar-refractivity contribution is -0.132. The molecule has 2 fully saturated rings. The van der Waals surface area contributed by atoms with Crippen molar-refractivity contribution < 1.29 is 4.79 Å². The van der Waals surface area contributed by atoms with Gasteiger partial charge in [0.15, 0.2) is 0 Å². The lowest BCUT2D eigenvalue weighted by Crippen LogP contribution is -2.39. The molecule has 2 aliphatic heterocycles. The molecule has 1 atom stereocenters. The number of amides is 1. The number of H-pyrrole nitrogens is 1. The van der Waals surface area contributed by atoms with Crippen molar-refractivity contribution in [3.05, 3.63) is 18.0 Å². The molecular formula is C16H26N4O. The van der Waals surface area contributed by atoms with Crippen molar-refractivity contribution in [2.75, 3.05) is 26.2 Å². The topological polar surface area (TPSA) is 61.0 Å². The molecule has 3 rings (SSSR count). The zero-order valence-electron chi connectivity index (χ0n) is 12.7. The molecule has 0 aromatic carbocycles. The molecule has 2 aliphatic rings. The first kappa shape index (κ1) is 14.6.